The fourth-order valence-corrected chi connectivity index (χ4v) is 2.49. The molecule has 0 saturated heterocycles. The molecule has 1 aliphatic rings. The number of rotatable bonds is 3. The van der Waals surface area contributed by atoms with E-state index >= 15 is 0 Å². The smallest absolute Gasteiger partial charge is 0.271 e. The summed E-state index contributed by atoms with van der Waals surface area (Å²) in [5.74, 6) is 0.888. The molecule has 22 heavy (non-hydrogen) atoms. The van der Waals surface area contributed by atoms with E-state index in [1.165, 1.54) is 6.21 Å². The summed E-state index contributed by atoms with van der Waals surface area (Å²) in [6.07, 6.45) is 1.46. The lowest BCUT2D eigenvalue weighted by Crippen LogP contribution is -2.17. The molecule has 5 nitrogen and oxygen atoms in total. The van der Waals surface area contributed by atoms with Crippen molar-refractivity contribution < 1.29 is 14.3 Å². The Kier molecular flexibility index (Phi) is 4.31. The molecule has 7 heteroatoms. The zero-order valence-electron chi connectivity index (χ0n) is 11.2. The molecule has 0 aromatic heterocycles. The van der Waals surface area contributed by atoms with Crippen LogP contribution in [0.4, 0.5) is 0 Å². The van der Waals surface area contributed by atoms with Crippen LogP contribution in [0.3, 0.4) is 0 Å². The van der Waals surface area contributed by atoms with E-state index < -0.39 is 0 Å². The van der Waals surface area contributed by atoms with Gasteiger partial charge in [0.2, 0.25) is 6.79 Å². The number of carbonyl (C=O) groups is 1. The van der Waals surface area contributed by atoms with E-state index in [1.807, 2.05) is 6.07 Å². The topological polar surface area (TPSA) is 59.9 Å². The molecule has 0 saturated carbocycles. The molecule has 1 aliphatic heterocycles. The first-order valence-electron chi connectivity index (χ1n) is 6.31. The Bertz CT molecular complexity index is 764. The third kappa shape index (κ3) is 3.23. The Labute approximate surface area is 140 Å². The van der Waals surface area contributed by atoms with Gasteiger partial charge in [-0.3, -0.25) is 4.79 Å². The molecule has 1 N–H and O–H groups in total. The number of nitrogens with zero attached hydrogens (tertiary/aromatic N) is 1. The van der Waals surface area contributed by atoms with Crippen molar-refractivity contribution >= 4 is 39.7 Å². The molecule has 2 aromatic carbocycles. The van der Waals surface area contributed by atoms with Crippen molar-refractivity contribution in [3.63, 3.8) is 0 Å². The van der Waals surface area contributed by atoms with Crippen molar-refractivity contribution in [2.45, 2.75) is 0 Å². The maximum absolute atomic E-state index is 11.9. The van der Waals surface area contributed by atoms with Gasteiger partial charge in [-0.1, -0.05) is 33.6 Å². The molecule has 1 amide bonds. The van der Waals surface area contributed by atoms with Gasteiger partial charge >= 0.3 is 0 Å². The third-order valence-corrected chi connectivity index (χ3v) is 3.77. The summed E-state index contributed by atoms with van der Waals surface area (Å²) in [5.41, 5.74) is 3.58. The summed E-state index contributed by atoms with van der Waals surface area (Å²) in [7, 11) is 0. The number of hydrogen-bond acceptors (Lipinski definition) is 4. The van der Waals surface area contributed by atoms with E-state index in [2.05, 4.69) is 26.5 Å². The van der Waals surface area contributed by atoms with Crippen molar-refractivity contribution in [3.05, 3.63) is 57.0 Å². The van der Waals surface area contributed by atoms with Crippen LogP contribution in [0.5, 0.6) is 11.5 Å². The maximum Gasteiger partial charge on any atom is 0.271 e. The lowest BCUT2D eigenvalue weighted by molar-refractivity contribution is 0.0955. The molecular weight excluding hydrogens is 372 g/mol. The molecule has 1 heterocycles. The monoisotopic (exact) mass is 380 g/mol. The molecule has 0 fully saturated rings. The predicted octanol–water partition coefficient (Wildman–Crippen LogP) is 3.60. The van der Waals surface area contributed by atoms with Crippen LogP contribution in [-0.4, -0.2) is 18.9 Å². The second kappa shape index (κ2) is 6.37. The van der Waals surface area contributed by atoms with Gasteiger partial charge in [0, 0.05) is 21.7 Å². The van der Waals surface area contributed by atoms with Crippen LogP contribution in [0.1, 0.15) is 15.9 Å². The van der Waals surface area contributed by atoms with Crippen LogP contribution >= 0.6 is 27.5 Å². The molecule has 112 valence electrons. The van der Waals surface area contributed by atoms with Crippen molar-refractivity contribution in [2.24, 2.45) is 5.10 Å². The molecule has 0 spiro atoms. The second-order valence-electron chi connectivity index (χ2n) is 4.44. The van der Waals surface area contributed by atoms with E-state index in [9.17, 15) is 4.79 Å². The average molecular weight is 382 g/mol. The Morgan fingerprint density at radius 1 is 1.27 bits per heavy atom. The highest BCUT2D eigenvalue weighted by molar-refractivity contribution is 9.10. The summed E-state index contributed by atoms with van der Waals surface area (Å²) >= 11 is 9.43. The van der Waals surface area contributed by atoms with E-state index in [0.717, 1.165) is 4.47 Å². The number of fused-ring (bicyclic) bond motifs is 1. The van der Waals surface area contributed by atoms with Gasteiger partial charge in [-0.2, -0.15) is 5.10 Å². The molecule has 2 aromatic rings. The van der Waals surface area contributed by atoms with E-state index in [4.69, 9.17) is 21.1 Å². The highest BCUT2D eigenvalue weighted by Gasteiger charge is 2.15. The standard InChI is InChI=1S/C15H10BrClN2O3/c16-11-3-1-2-9(4-11)15(20)19-18-7-10-5-13-14(6-12(10)17)22-8-21-13/h1-7H,8H2,(H,19,20)/b18-7-. The SMILES string of the molecule is O=C(N/N=C\c1cc2c(cc1Cl)OCO2)c1cccc(Br)c1. The average Bonchev–Trinajstić information content (AvgIpc) is 2.94. The number of benzene rings is 2. The first-order valence-corrected chi connectivity index (χ1v) is 7.49. The van der Waals surface area contributed by atoms with E-state index in [1.54, 1.807) is 30.3 Å². The van der Waals surface area contributed by atoms with Gasteiger partial charge in [0.1, 0.15) is 0 Å². The highest BCUT2D eigenvalue weighted by atomic mass is 79.9. The summed E-state index contributed by atoms with van der Waals surface area (Å²) in [6.45, 7) is 0.172. The minimum Gasteiger partial charge on any atom is -0.454 e. The minimum absolute atomic E-state index is 0.172. The number of amides is 1. The predicted molar refractivity (Wildman–Crippen MR) is 86.8 cm³/mol. The Balaban J connectivity index is 1.71. The highest BCUT2D eigenvalue weighted by Crippen LogP contribution is 2.36. The van der Waals surface area contributed by atoms with Crippen molar-refractivity contribution in [3.8, 4) is 11.5 Å². The quantitative estimate of drug-likeness (QED) is 0.653. The number of halogens is 2. The number of carbonyl (C=O) groups excluding carboxylic acids is 1. The van der Waals surface area contributed by atoms with Gasteiger partial charge in [0.25, 0.3) is 5.91 Å². The summed E-state index contributed by atoms with van der Waals surface area (Å²) < 4.78 is 11.3. The van der Waals surface area contributed by atoms with Crippen LogP contribution in [0.2, 0.25) is 5.02 Å². The Hall–Kier alpha value is -2.05. The van der Waals surface area contributed by atoms with Crippen LogP contribution in [0.15, 0.2) is 46.0 Å². The van der Waals surface area contributed by atoms with Crippen molar-refractivity contribution in [1.82, 2.24) is 5.43 Å². The largest absolute Gasteiger partial charge is 0.454 e. The number of hydrogen-bond donors (Lipinski definition) is 1. The van der Waals surface area contributed by atoms with Crippen LogP contribution in [-0.2, 0) is 0 Å². The Morgan fingerprint density at radius 2 is 2.05 bits per heavy atom. The van der Waals surface area contributed by atoms with E-state index in [0.29, 0.717) is 27.6 Å². The molecule has 0 radical (unpaired) electrons. The lowest BCUT2D eigenvalue weighted by Gasteiger charge is -2.02. The van der Waals surface area contributed by atoms with Gasteiger partial charge < -0.3 is 9.47 Å². The van der Waals surface area contributed by atoms with Gasteiger partial charge in [-0.15, -0.1) is 0 Å². The van der Waals surface area contributed by atoms with Crippen LogP contribution < -0.4 is 14.9 Å². The first kappa shape index (κ1) is 14.9. The van der Waals surface area contributed by atoms with Crippen LogP contribution in [0, 0.1) is 0 Å². The van der Waals surface area contributed by atoms with Gasteiger partial charge in [-0.05, 0) is 24.3 Å². The van der Waals surface area contributed by atoms with Crippen molar-refractivity contribution in [2.75, 3.05) is 6.79 Å². The summed E-state index contributed by atoms with van der Waals surface area (Å²) in [6, 6.07) is 10.4. The van der Waals surface area contributed by atoms with Gasteiger partial charge in [0.05, 0.1) is 11.2 Å². The zero-order chi connectivity index (χ0) is 15.5. The molecule has 3 rings (SSSR count). The molecule has 0 bridgehead atoms. The number of hydrazone groups is 1. The van der Waals surface area contributed by atoms with E-state index in [-0.39, 0.29) is 12.7 Å². The van der Waals surface area contributed by atoms with Gasteiger partial charge in [0.15, 0.2) is 11.5 Å². The number of ether oxygens (including phenoxy) is 2. The second-order valence-corrected chi connectivity index (χ2v) is 5.76. The molecule has 0 atom stereocenters. The van der Waals surface area contributed by atoms with Gasteiger partial charge in [-0.25, -0.2) is 5.43 Å². The van der Waals surface area contributed by atoms with Crippen LogP contribution in [0.25, 0.3) is 0 Å². The third-order valence-electron chi connectivity index (χ3n) is 2.95. The lowest BCUT2D eigenvalue weighted by atomic mass is 10.2. The number of nitrogens with one attached hydrogen (secondary N) is 1. The summed E-state index contributed by atoms with van der Waals surface area (Å²) in [4.78, 5) is 11.9. The molecule has 0 unspecified atom stereocenters. The normalized spacial score (nSPS) is 12.6. The summed E-state index contributed by atoms with van der Waals surface area (Å²) in [5, 5.41) is 4.38. The fraction of sp³-hybridized carbons (Fsp3) is 0.0667. The van der Waals surface area contributed by atoms with Crippen molar-refractivity contribution in [1.29, 1.82) is 0 Å². The Morgan fingerprint density at radius 3 is 2.82 bits per heavy atom. The molecule has 0 aliphatic carbocycles. The zero-order valence-corrected chi connectivity index (χ0v) is 13.5. The maximum atomic E-state index is 11.9. The first-order chi connectivity index (χ1) is 10.6. The minimum atomic E-state index is -0.311. The fourth-order valence-electron chi connectivity index (χ4n) is 1.89. The molecular formula is C15H10BrClN2O3.